The summed E-state index contributed by atoms with van der Waals surface area (Å²) in [6, 6.07) is 10.1. The smallest absolute Gasteiger partial charge is 0.233 e. The number of amides is 1. The van der Waals surface area contributed by atoms with Crippen LogP contribution in [0.5, 0.6) is 0 Å². The second-order valence-electron chi connectivity index (χ2n) is 6.08. The van der Waals surface area contributed by atoms with Gasteiger partial charge in [0.25, 0.3) is 0 Å². The normalized spacial score (nSPS) is 24.7. The lowest BCUT2D eigenvalue weighted by Crippen LogP contribution is -2.52. The Morgan fingerprint density at radius 3 is 2.43 bits per heavy atom. The molecule has 2 aliphatic heterocycles. The predicted octanol–water partition coefficient (Wildman–Crippen LogP) is 1.11. The number of benzene rings is 1. The summed E-state index contributed by atoms with van der Waals surface area (Å²) < 4.78 is 23.2. The fraction of sp³-hybridized carbons (Fsp3) is 0.562. The average Bonchev–Trinajstić information content (AvgIpc) is 2.94. The van der Waals surface area contributed by atoms with Crippen molar-refractivity contribution in [3.8, 4) is 0 Å². The number of carbonyl (C=O) groups is 1. The maximum atomic E-state index is 12.3. The van der Waals surface area contributed by atoms with Crippen molar-refractivity contribution in [2.24, 2.45) is 0 Å². The zero-order chi connectivity index (χ0) is 16.3. The third-order valence-corrected chi connectivity index (χ3v) is 7.24. The third-order valence-electron chi connectivity index (χ3n) is 4.50. The highest BCUT2D eigenvalue weighted by atomic mass is 32.2. The molecule has 2 fully saturated rings. The monoisotopic (exact) mass is 354 g/mol. The van der Waals surface area contributed by atoms with E-state index in [0.29, 0.717) is 24.6 Å². The summed E-state index contributed by atoms with van der Waals surface area (Å²) in [5.41, 5.74) is 0. The van der Waals surface area contributed by atoms with Gasteiger partial charge < -0.3 is 4.90 Å². The van der Waals surface area contributed by atoms with Crippen molar-refractivity contribution >= 4 is 27.5 Å². The minimum absolute atomic E-state index is 0.149. The van der Waals surface area contributed by atoms with E-state index in [9.17, 15) is 13.2 Å². The van der Waals surface area contributed by atoms with Crippen LogP contribution in [-0.4, -0.2) is 73.6 Å². The van der Waals surface area contributed by atoms with Gasteiger partial charge in [-0.2, -0.15) is 0 Å². The molecule has 1 atom stereocenters. The van der Waals surface area contributed by atoms with Gasteiger partial charge in [-0.25, -0.2) is 8.42 Å². The Labute approximate surface area is 141 Å². The topological polar surface area (TPSA) is 57.7 Å². The summed E-state index contributed by atoms with van der Waals surface area (Å²) in [6.07, 6.45) is 0.736. The fourth-order valence-corrected chi connectivity index (χ4v) is 5.74. The van der Waals surface area contributed by atoms with Crippen LogP contribution in [0.2, 0.25) is 0 Å². The van der Waals surface area contributed by atoms with Gasteiger partial charge in [0.05, 0.1) is 17.3 Å². The molecule has 126 valence electrons. The number of hydrogen-bond donors (Lipinski definition) is 0. The zero-order valence-electron chi connectivity index (χ0n) is 13.1. The lowest BCUT2D eigenvalue weighted by Gasteiger charge is -2.37. The number of piperazine rings is 1. The van der Waals surface area contributed by atoms with Crippen LogP contribution in [0, 0.1) is 0 Å². The molecular weight excluding hydrogens is 332 g/mol. The summed E-state index contributed by atoms with van der Waals surface area (Å²) in [7, 11) is -2.84. The molecule has 0 aromatic heterocycles. The van der Waals surface area contributed by atoms with Crippen molar-refractivity contribution in [3.63, 3.8) is 0 Å². The Kier molecular flexibility index (Phi) is 5.28. The first kappa shape index (κ1) is 16.8. The first-order chi connectivity index (χ1) is 11.0. The first-order valence-corrected chi connectivity index (χ1v) is 10.7. The highest BCUT2D eigenvalue weighted by Crippen LogP contribution is 2.21. The van der Waals surface area contributed by atoms with Crippen LogP contribution in [0.25, 0.3) is 0 Å². The lowest BCUT2D eigenvalue weighted by atomic mass is 10.2. The molecule has 0 spiro atoms. The Hall–Kier alpha value is -1.05. The Morgan fingerprint density at radius 2 is 1.83 bits per heavy atom. The van der Waals surface area contributed by atoms with Crippen molar-refractivity contribution in [1.29, 1.82) is 0 Å². The molecule has 1 aromatic rings. The second kappa shape index (κ2) is 7.23. The minimum atomic E-state index is -2.84. The molecule has 0 saturated carbocycles. The summed E-state index contributed by atoms with van der Waals surface area (Å²) >= 11 is 1.56. The van der Waals surface area contributed by atoms with E-state index < -0.39 is 9.84 Å². The van der Waals surface area contributed by atoms with Crippen LogP contribution in [0.4, 0.5) is 0 Å². The van der Waals surface area contributed by atoms with Crippen LogP contribution >= 0.6 is 11.8 Å². The van der Waals surface area contributed by atoms with Gasteiger partial charge in [-0.1, -0.05) is 18.2 Å². The second-order valence-corrected chi connectivity index (χ2v) is 9.35. The largest absolute Gasteiger partial charge is 0.339 e. The molecule has 0 bridgehead atoms. The van der Waals surface area contributed by atoms with Crippen molar-refractivity contribution in [3.05, 3.63) is 30.3 Å². The van der Waals surface area contributed by atoms with Gasteiger partial charge >= 0.3 is 0 Å². The van der Waals surface area contributed by atoms with E-state index in [4.69, 9.17) is 0 Å². The molecule has 0 radical (unpaired) electrons. The van der Waals surface area contributed by atoms with Crippen LogP contribution < -0.4 is 0 Å². The van der Waals surface area contributed by atoms with Gasteiger partial charge in [-0.3, -0.25) is 9.69 Å². The number of carbonyl (C=O) groups excluding carboxylic acids is 1. The Morgan fingerprint density at radius 1 is 1.13 bits per heavy atom. The highest BCUT2D eigenvalue weighted by Gasteiger charge is 2.34. The Balaban J connectivity index is 1.44. The van der Waals surface area contributed by atoms with E-state index in [2.05, 4.69) is 4.90 Å². The molecule has 23 heavy (non-hydrogen) atoms. The summed E-state index contributed by atoms with van der Waals surface area (Å²) in [5.74, 6) is 1.22. The predicted molar refractivity (Wildman–Crippen MR) is 92.4 cm³/mol. The maximum absolute atomic E-state index is 12.3. The number of hydrogen-bond acceptors (Lipinski definition) is 5. The van der Waals surface area contributed by atoms with E-state index in [1.165, 1.54) is 0 Å². The van der Waals surface area contributed by atoms with Crippen molar-refractivity contribution in [2.45, 2.75) is 17.4 Å². The SMILES string of the molecule is O=C(CSc1ccccc1)N1CCN(C2CCS(=O)(=O)C2)CC1. The number of nitrogens with zero attached hydrogens (tertiary/aromatic N) is 2. The molecular formula is C16H22N2O3S2. The Bertz CT molecular complexity index is 641. The van der Waals surface area contributed by atoms with E-state index in [-0.39, 0.29) is 17.7 Å². The molecule has 0 aliphatic carbocycles. The van der Waals surface area contributed by atoms with Crippen LogP contribution in [-0.2, 0) is 14.6 Å². The third kappa shape index (κ3) is 4.49. The van der Waals surface area contributed by atoms with Gasteiger partial charge in [-0.05, 0) is 18.6 Å². The molecule has 1 amide bonds. The van der Waals surface area contributed by atoms with Gasteiger partial charge in [0, 0.05) is 37.1 Å². The zero-order valence-corrected chi connectivity index (χ0v) is 14.7. The number of sulfone groups is 1. The van der Waals surface area contributed by atoms with Crippen LogP contribution in [0.15, 0.2) is 35.2 Å². The van der Waals surface area contributed by atoms with E-state index in [1.54, 1.807) is 11.8 Å². The lowest BCUT2D eigenvalue weighted by molar-refractivity contribution is -0.130. The summed E-state index contributed by atoms with van der Waals surface area (Å²) in [5, 5.41) is 0. The molecule has 2 saturated heterocycles. The summed E-state index contributed by atoms with van der Waals surface area (Å²) in [4.78, 5) is 17.5. The number of rotatable bonds is 4. The fourth-order valence-electron chi connectivity index (χ4n) is 3.15. The van der Waals surface area contributed by atoms with Crippen molar-refractivity contribution < 1.29 is 13.2 Å². The van der Waals surface area contributed by atoms with Gasteiger partial charge in [0.2, 0.25) is 5.91 Å². The van der Waals surface area contributed by atoms with E-state index >= 15 is 0 Å². The first-order valence-electron chi connectivity index (χ1n) is 7.94. The molecule has 2 aliphatic rings. The van der Waals surface area contributed by atoms with Gasteiger partial charge in [0.1, 0.15) is 0 Å². The maximum Gasteiger partial charge on any atom is 0.233 e. The molecule has 2 heterocycles. The minimum Gasteiger partial charge on any atom is -0.339 e. The van der Waals surface area contributed by atoms with Crippen molar-refractivity contribution in [2.75, 3.05) is 43.4 Å². The highest BCUT2D eigenvalue weighted by molar-refractivity contribution is 8.00. The quantitative estimate of drug-likeness (QED) is 0.758. The van der Waals surface area contributed by atoms with Crippen LogP contribution in [0.3, 0.4) is 0 Å². The van der Waals surface area contributed by atoms with Gasteiger partial charge in [0.15, 0.2) is 9.84 Å². The molecule has 3 rings (SSSR count). The molecule has 0 N–H and O–H groups in total. The summed E-state index contributed by atoms with van der Waals surface area (Å²) in [6.45, 7) is 2.96. The molecule has 1 aromatic carbocycles. The standard InChI is InChI=1S/C16H22N2O3S2/c19-16(12-22-15-4-2-1-3-5-15)18-9-7-17(8-10-18)14-6-11-23(20,21)13-14/h1-5,14H,6-13H2. The molecule has 1 unspecified atom stereocenters. The van der Waals surface area contributed by atoms with E-state index in [0.717, 1.165) is 24.4 Å². The van der Waals surface area contributed by atoms with Crippen molar-refractivity contribution in [1.82, 2.24) is 9.80 Å². The van der Waals surface area contributed by atoms with Crippen LogP contribution in [0.1, 0.15) is 6.42 Å². The van der Waals surface area contributed by atoms with Gasteiger partial charge in [-0.15, -0.1) is 11.8 Å². The molecule has 7 heteroatoms. The number of thioether (sulfide) groups is 1. The van der Waals surface area contributed by atoms with E-state index in [1.807, 2.05) is 35.2 Å². The molecule has 5 nitrogen and oxygen atoms in total. The average molecular weight is 354 g/mol.